The van der Waals surface area contributed by atoms with Gasteiger partial charge in [-0.2, -0.15) is 0 Å². The van der Waals surface area contributed by atoms with E-state index in [0.717, 1.165) is 24.2 Å². The Kier molecular flexibility index (Phi) is 4.45. The highest BCUT2D eigenvalue weighted by Crippen LogP contribution is 2.53. The van der Waals surface area contributed by atoms with E-state index in [1.165, 1.54) is 0 Å². The summed E-state index contributed by atoms with van der Waals surface area (Å²) >= 11 is 6.23. The van der Waals surface area contributed by atoms with Crippen LogP contribution in [0.5, 0.6) is 5.75 Å². The number of halogens is 1. The van der Waals surface area contributed by atoms with Gasteiger partial charge in [-0.1, -0.05) is 11.6 Å². The van der Waals surface area contributed by atoms with Crippen molar-refractivity contribution in [2.45, 2.75) is 57.5 Å². The second-order valence-corrected chi connectivity index (χ2v) is 8.88. The first-order chi connectivity index (χ1) is 12.3. The zero-order valence-corrected chi connectivity index (χ0v) is 16.3. The average Bonchev–Trinajstić information content (AvgIpc) is 2.60. The molecule has 0 spiro atoms. The van der Waals surface area contributed by atoms with Gasteiger partial charge in [0.2, 0.25) is 5.91 Å². The molecule has 2 saturated heterocycles. The summed E-state index contributed by atoms with van der Waals surface area (Å²) in [4.78, 5) is 14.2. The highest BCUT2D eigenvalue weighted by atomic mass is 35.5. The standard InChI is InChI=1S/C20H27ClN2O3/c1-11(22)19(24)23-7-6-16-12(10-23)8-15-18(25-16)14-9-13(21)4-5-17(14)26-20(15,2)3/h4-5,9,11-12,15-16,18H,6-8,10,22H2,1-3H3/t11-,12+,15-,16-,18+/m1/s1. The zero-order chi connectivity index (χ0) is 18.6. The molecule has 1 aromatic carbocycles. The van der Waals surface area contributed by atoms with Crippen LogP contribution in [0.25, 0.3) is 0 Å². The molecule has 26 heavy (non-hydrogen) atoms. The van der Waals surface area contributed by atoms with Crippen molar-refractivity contribution in [3.8, 4) is 5.75 Å². The molecule has 1 amide bonds. The minimum Gasteiger partial charge on any atom is -0.487 e. The third-order valence-electron chi connectivity index (χ3n) is 6.15. The van der Waals surface area contributed by atoms with Gasteiger partial charge in [0, 0.05) is 35.5 Å². The Bertz CT molecular complexity index is 721. The van der Waals surface area contributed by atoms with E-state index in [9.17, 15) is 4.79 Å². The molecule has 4 rings (SSSR count). The summed E-state index contributed by atoms with van der Waals surface area (Å²) < 4.78 is 12.9. The van der Waals surface area contributed by atoms with Crippen LogP contribution in [0.3, 0.4) is 0 Å². The lowest BCUT2D eigenvalue weighted by molar-refractivity contribution is -0.188. The third-order valence-corrected chi connectivity index (χ3v) is 6.39. The number of carbonyl (C=O) groups is 1. The molecular formula is C20H27ClN2O3. The molecule has 0 bridgehead atoms. The molecule has 6 heteroatoms. The first-order valence-electron chi connectivity index (χ1n) is 9.44. The summed E-state index contributed by atoms with van der Waals surface area (Å²) in [6, 6.07) is 5.32. The normalized spacial score (nSPS) is 33.3. The molecule has 0 aromatic heterocycles. The van der Waals surface area contributed by atoms with Crippen molar-refractivity contribution in [3.05, 3.63) is 28.8 Å². The van der Waals surface area contributed by atoms with Gasteiger partial charge < -0.3 is 20.1 Å². The summed E-state index contributed by atoms with van der Waals surface area (Å²) in [5.74, 6) is 1.43. The van der Waals surface area contributed by atoms with Gasteiger partial charge in [-0.15, -0.1) is 0 Å². The Morgan fingerprint density at radius 2 is 2.19 bits per heavy atom. The number of rotatable bonds is 1. The summed E-state index contributed by atoms with van der Waals surface area (Å²) in [6.07, 6.45) is 1.97. The van der Waals surface area contributed by atoms with Crippen molar-refractivity contribution in [3.63, 3.8) is 0 Å². The van der Waals surface area contributed by atoms with E-state index in [-0.39, 0.29) is 29.6 Å². The molecule has 0 radical (unpaired) electrons. The number of nitrogens with zero attached hydrogens (tertiary/aromatic N) is 1. The maximum absolute atomic E-state index is 12.3. The zero-order valence-electron chi connectivity index (χ0n) is 15.6. The Hall–Kier alpha value is -1.30. The monoisotopic (exact) mass is 378 g/mol. The molecule has 2 N–H and O–H groups in total. The van der Waals surface area contributed by atoms with Gasteiger partial charge in [0.1, 0.15) is 11.4 Å². The smallest absolute Gasteiger partial charge is 0.239 e. The van der Waals surface area contributed by atoms with Crippen LogP contribution in [0.2, 0.25) is 5.02 Å². The number of benzene rings is 1. The molecule has 3 heterocycles. The summed E-state index contributed by atoms with van der Waals surface area (Å²) in [6.45, 7) is 7.42. The second kappa shape index (κ2) is 6.39. The third kappa shape index (κ3) is 3.00. The number of fused-ring (bicyclic) bond motifs is 4. The molecule has 0 aliphatic carbocycles. The van der Waals surface area contributed by atoms with Gasteiger partial charge in [0.15, 0.2) is 0 Å². The molecule has 3 aliphatic heterocycles. The molecular weight excluding hydrogens is 352 g/mol. The number of ether oxygens (including phenoxy) is 2. The van der Waals surface area contributed by atoms with E-state index < -0.39 is 6.04 Å². The fourth-order valence-electron chi connectivity index (χ4n) is 4.77. The fraction of sp³-hybridized carbons (Fsp3) is 0.650. The topological polar surface area (TPSA) is 64.8 Å². The van der Waals surface area contributed by atoms with Crippen LogP contribution in [0, 0.1) is 11.8 Å². The van der Waals surface area contributed by atoms with Crippen LogP contribution >= 0.6 is 11.6 Å². The van der Waals surface area contributed by atoms with E-state index in [1.807, 2.05) is 23.1 Å². The van der Waals surface area contributed by atoms with Crippen molar-refractivity contribution in [1.29, 1.82) is 0 Å². The quantitative estimate of drug-likeness (QED) is 0.815. The van der Waals surface area contributed by atoms with E-state index in [1.54, 1.807) is 6.92 Å². The van der Waals surface area contributed by atoms with E-state index in [0.29, 0.717) is 24.0 Å². The second-order valence-electron chi connectivity index (χ2n) is 8.45. The van der Waals surface area contributed by atoms with E-state index >= 15 is 0 Å². The van der Waals surface area contributed by atoms with Crippen LogP contribution in [-0.4, -0.2) is 41.6 Å². The largest absolute Gasteiger partial charge is 0.487 e. The molecule has 5 nitrogen and oxygen atoms in total. The van der Waals surface area contributed by atoms with Crippen molar-refractivity contribution in [1.82, 2.24) is 4.90 Å². The van der Waals surface area contributed by atoms with Crippen LogP contribution in [0.4, 0.5) is 0 Å². The maximum atomic E-state index is 12.3. The predicted octanol–water partition coefficient (Wildman–Crippen LogP) is 3.15. The Labute approximate surface area is 159 Å². The fourth-order valence-corrected chi connectivity index (χ4v) is 4.95. The first kappa shape index (κ1) is 18.1. The number of amides is 1. The SMILES string of the molecule is C[C@@H](N)C(=O)N1CC[C@H]2O[C@H]3c4cc(Cl)ccc4OC(C)(C)[C@@H]3C[C@H]2C1. The molecule has 3 aliphatic rings. The van der Waals surface area contributed by atoms with E-state index in [4.69, 9.17) is 26.8 Å². The number of nitrogens with two attached hydrogens (primary N) is 1. The van der Waals surface area contributed by atoms with Crippen LogP contribution in [0.15, 0.2) is 18.2 Å². The lowest BCUT2D eigenvalue weighted by Crippen LogP contribution is -2.57. The Morgan fingerprint density at radius 1 is 1.42 bits per heavy atom. The number of carbonyl (C=O) groups excluding carboxylic acids is 1. The van der Waals surface area contributed by atoms with Crippen molar-refractivity contribution >= 4 is 17.5 Å². The van der Waals surface area contributed by atoms with Crippen molar-refractivity contribution < 1.29 is 14.3 Å². The summed E-state index contributed by atoms with van der Waals surface area (Å²) in [5.41, 5.74) is 6.52. The van der Waals surface area contributed by atoms with Crippen LogP contribution in [0.1, 0.15) is 45.3 Å². The lowest BCUT2D eigenvalue weighted by atomic mass is 9.70. The molecule has 1 aromatic rings. The molecule has 142 valence electrons. The Balaban J connectivity index is 1.60. The van der Waals surface area contributed by atoms with E-state index in [2.05, 4.69) is 13.8 Å². The first-order valence-corrected chi connectivity index (χ1v) is 9.82. The van der Waals surface area contributed by atoms with Gasteiger partial charge in [-0.05, 0) is 51.8 Å². The Morgan fingerprint density at radius 3 is 2.92 bits per heavy atom. The van der Waals surface area contributed by atoms with Gasteiger partial charge in [-0.25, -0.2) is 0 Å². The number of hydrogen-bond donors (Lipinski definition) is 1. The molecule has 0 unspecified atom stereocenters. The summed E-state index contributed by atoms with van der Waals surface area (Å²) in [7, 11) is 0. The highest BCUT2D eigenvalue weighted by molar-refractivity contribution is 6.30. The van der Waals surface area contributed by atoms with Gasteiger partial charge in [0.25, 0.3) is 0 Å². The number of piperidine rings is 1. The minimum absolute atomic E-state index is 0.00983. The van der Waals surface area contributed by atoms with Gasteiger partial charge in [-0.3, -0.25) is 4.79 Å². The summed E-state index contributed by atoms with van der Waals surface area (Å²) in [5, 5.41) is 0.703. The number of likely N-dealkylation sites (tertiary alicyclic amines) is 1. The van der Waals surface area contributed by atoms with Gasteiger partial charge in [0.05, 0.1) is 18.2 Å². The molecule has 2 fully saturated rings. The van der Waals surface area contributed by atoms with Crippen LogP contribution < -0.4 is 10.5 Å². The minimum atomic E-state index is -0.452. The molecule has 0 saturated carbocycles. The number of hydrogen-bond acceptors (Lipinski definition) is 4. The van der Waals surface area contributed by atoms with Crippen molar-refractivity contribution in [2.75, 3.05) is 13.1 Å². The van der Waals surface area contributed by atoms with Crippen LogP contribution in [-0.2, 0) is 9.53 Å². The lowest BCUT2D eigenvalue weighted by Gasteiger charge is -2.53. The van der Waals surface area contributed by atoms with Crippen molar-refractivity contribution in [2.24, 2.45) is 17.6 Å². The average molecular weight is 379 g/mol. The highest BCUT2D eigenvalue weighted by Gasteiger charge is 2.51. The van der Waals surface area contributed by atoms with Gasteiger partial charge >= 0.3 is 0 Å². The predicted molar refractivity (Wildman–Crippen MR) is 100 cm³/mol. The maximum Gasteiger partial charge on any atom is 0.239 e. The molecule has 5 atom stereocenters.